The van der Waals surface area contributed by atoms with Crippen LogP contribution in [-0.4, -0.2) is 16.6 Å². The van der Waals surface area contributed by atoms with Crippen LogP contribution in [0.15, 0.2) is 77.6 Å². The summed E-state index contributed by atoms with van der Waals surface area (Å²) < 4.78 is 0. The first-order chi connectivity index (χ1) is 10.3. The number of hydrogen-bond acceptors (Lipinski definition) is 2. The van der Waals surface area contributed by atoms with Gasteiger partial charge in [-0.1, -0.05) is 48.5 Å². The molecule has 100 valence electrons. The van der Waals surface area contributed by atoms with Crippen molar-refractivity contribution in [2.45, 2.75) is 0 Å². The van der Waals surface area contributed by atoms with Crippen molar-refractivity contribution in [3.8, 4) is 0 Å². The highest BCUT2D eigenvalue weighted by Crippen LogP contribution is 2.26. The van der Waals surface area contributed by atoms with Gasteiger partial charge in [0, 0.05) is 6.20 Å². The van der Waals surface area contributed by atoms with Crippen LogP contribution >= 0.6 is 0 Å². The number of aliphatic imine (C=N–C) groups is 1. The Balaban J connectivity index is 1.86. The van der Waals surface area contributed by atoms with Gasteiger partial charge in [-0.15, -0.1) is 0 Å². The Morgan fingerprint density at radius 1 is 1.00 bits per heavy atom. The molecule has 0 spiro atoms. The van der Waals surface area contributed by atoms with E-state index in [1.807, 2.05) is 59.7 Å². The maximum absolute atomic E-state index is 12.1. The second-order valence-electron chi connectivity index (χ2n) is 4.94. The average molecular weight is 272 g/mol. The van der Waals surface area contributed by atoms with Crippen molar-refractivity contribution in [2.24, 2.45) is 4.99 Å². The SMILES string of the molecule is O=C1N=C2C=CC=CN2/C1=C/c1cccc2ccccc12. The molecule has 2 aromatic rings. The molecule has 0 radical (unpaired) electrons. The van der Waals surface area contributed by atoms with Crippen molar-refractivity contribution in [3.63, 3.8) is 0 Å². The van der Waals surface area contributed by atoms with Gasteiger partial charge in [-0.25, -0.2) is 0 Å². The van der Waals surface area contributed by atoms with Crippen LogP contribution in [0.2, 0.25) is 0 Å². The lowest BCUT2D eigenvalue weighted by Crippen LogP contribution is -2.20. The number of amidine groups is 1. The van der Waals surface area contributed by atoms with E-state index in [-0.39, 0.29) is 5.91 Å². The summed E-state index contributed by atoms with van der Waals surface area (Å²) in [6.45, 7) is 0. The van der Waals surface area contributed by atoms with Crippen LogP contribution in [0.4, 0.5) is 0 Å². The molecule has 3 nitrogen and oxygen atoms in total. The fourth-order valence-corrected chi connectivity index (χ4v) is 2.65. The van der Waals surface area contributed by atoms with Crippen molar-refractivity contribution in [3.05, 3.63) is 78.2 Å². The maximum atomic E-state index is 12.1. The van der Waals surface area contributed by atoms with Crippen molar-refractivity contribution >= 4 is 28.6 Å². The quantitative estimate of drug-likeness (QED) is 0.744. The van der Waals surface area contributed by atoms with E-state index in [9.17, 15) is 4.79 Å². The van der Waals surface area contributed by atoms with Crippen LogP contribution in [0, 0.1) is 0 Å². The molecule has 2 heterocycles. The molecule has 2 aromatic carbocycles. The van der Waals surface area contributed by atoms with Gasteiger partial charge in [-0.3, -0.25) is 9.69 Å². The summed E-state index contributed by atoms with van der Waals surface area (Å²) in [5, 5.41) is 2.29. The summed E-state index contributed by atoms with van der Waals surface area (Å²) in [5.74, 6) is 0.475. The number of rotatable bonds is 1. The molecule has 0 atom stereocenters. The Bertz CT molecular complexity index is 866. The number of nitrogens with zero attached hydrogens (tertiary/aromatic N) is 2. The van der Waals surface area contributed by atoms with E-state index < -0.39 is 0 Å². The molecule has 4 rings (SSSR count). The number of hydrogen-bond donors (Lipinski definition) is 0. The molecule has 1 amide bonds. The normalized spacial score (nSPS) is 18.5. The molecule has 0 fully saturated rings. The molecular formula is C18H12N2O. The predicted molar refractivity (Wildman–Crippen MR) is 84.5 cm³/mol. The van der Waals surface area contributed by atoms with E-state index in [4.69, 9.17) is 0 Å². The van der Waals surface area contributed by atoms with Gasteiger partial charge in [0.25, 0.3) is 5.91 Å². The largest absolute Gasteiger partial charge is 0.297 e. The molecular weight excluding hydrogens is 260 g/mol. The minimum absolute atomic E-state index is 0.200. The number of fused-ring (bicyclic) bond motifs is 2. The summed E-state index contributed by atoms with van der Waals surface area (Å²) in [6.07, 6.45) is 9.38. The highest BCUT2D eigenvalue weighted by atomic mass is 16.2. The predicted octanol–water partition coefficient (Wildman–Crippen LogP) is 3.50. The molecule has 21 heavy (non-hydrogen) atoms. The summed E-state index contributed by atoms with van der Waals surface area (Å²) in [5.41, 5.74) is 1.61. The van der Waals surface area contributed by atoms with E-state index in [1.54, 1.807) is 0 Å². The number of benzene rings is 2. The van der Waals surface area contributed by atoms with Crippen molar-refractivity contribution in [2.75, 3.05) is 0 Å². The Labute approximate surface area is 122 Å². The first-order valence-corrected chi connectivity index (χ1v) is 6.79. The minimum Gasteiger partial charge on any atom is -0.297 e. The van der Waals surface area contributed by atoms with E-state index in [2.05, 4.69) is 23.2 Å². The van der Waals surface area contributed by atoms with E-state index >= 15 is 0 Å². The third-order valence-electron chi connectivity index (χ3n) is 3.65. The lowest BCUT2D eigenvalue weighted by atomic mass is 10.0. The Morgan fingerprint density at radius 3 is 2.81 bits per heavy atom. The maximum Gasteiger partial charge on any atom is 0.295 e. The Morgan fingerprint density at radius 2 is 1.86 bits per heavy atom. The number of carbonyl (C=O) groups excluding carboxylic acids is 1. The van der Waals surface area contributed by atoms with Gasteiger partial charge in [0.05, 0.1) is 0 Å². The summed E-state index contributed by atoms with van der Waals surface area (Å²) in [4.78, 5) is 18.0. The fraction of sp³-hybridized carbons (Fsp3) is 0. The molecule has 3 heteroatoms. The standard InChI is InChI=1S/C18H12N2O/c21-18-16(20-11-4-3-10-17(20)19-18)12-14-8-5-7-13-6-1-2-9-15(13)14/h1-12H/b16-12+. The van der Waals surface area contributed by atoms with Gasteiger partial charge in [-0.2, -0.15) is 4.99 Å². The van der Waals surface area contributed by atoms with Crippen molar-refractivity contribution < 1.29 is 4.79 Å². The lowest BCUT2D eigenvalue weighted by Gasteiger charge is -2.16. The van der Waals surface area contributed by atoms with Crippen molar-refractivity contribution in [1.29, 1.82) is 0 Å². The zero-order valence-electron chi connectivity index (χ0n) is 11.2. The summed E-state index contributed by atoms with van der Waals surface area (Å²) in [6, 6.07) is 14.2. The summed E-state index contributed by atoms with van der Waals surface area (Å²) in [7, 11) is 0. The topological polar surface area (TPSA) is 32.7 Å². The third-order valence-corrected chi connectivity index (χ3v) is 3.65. The Kier molecular flexibility index (Phi) is 2.57. The molecule has 0 saturated carbocycles. The number of allylic oxidation sites excluding steroid dienone is 2. The van der Waals surface area contributed by atoms with Gasteiger partial charge in [0.1, 0.15) is 11.5 Å². The molecule has 2 aliphatic rings. The third kappa shape index (κ3) is 1.91. The molecule has 0 aromatic heterocycles. The zero-order valence-corrected chi connectivity index (χ0v) is 11.2. The highest BCUT2D eigenvalue weighted by molar-refractivity contribution is 6.17. The molecule has 0 N–H and O–H groups in total. The number of amides is 1. The zero-order chi connectivity index (χ0) is 14.2. The Hall–Kier alpha value is -2.94. The van der Waals surface area contributed by atoms with E-state index in [0.29, 0.717) is 11.5 Å². The van der Waals surface area contributed by atoms with Gasteiger partial charge in [-0.05, 0) is 34.6 Å². The van der Waals surface area contributed by atoms with Gasteiger partial charge in [0.15, 0.2) is 0 Å². The second-order valence-corrected chi connectivity index (χ2v) is 4.94. The first-order valence-electron chi connectivity index (χ1n) is 6.79. The highest BCUT2D eigenvalue weighted by Gasteiger charge is 2.27. The smallest absolute Gasteiger partial charge is 0.295 e. The molecule has 0 unspecified atom stereocenters. The monoisotopic (exact) mass is 272 g/mol. The molecule has 2 aliphatic heterocycles. The van der Waals surface area contributed by atoms with Crippen molar-refractivity contribution in [1.82, 2.24) is 4.90 Å². The first kappa shape index (κ1) is 11.9. The summed E-state index contributed by atoms with van der Waals surface area (Å²) >= 11 is 0. The van der Waals surface area contributed by atoms with Gasteiger partial charge in [0.2, 0.25) is 0 Å². The second kappa shape index (κ2) is 4.56. The van der Waals surface area contributed by atoms with Crippen LogP contribution in [0.5, 0.6) is 0 Å². The van der Waals surface area contributed by atoms with E-state index in [1.165, 1.54) is 0 Å². The minimum atomic E-state index is -0.200. The average Bonchev–Trinajstić information content (AvgIpc) is 2.84. The van der Waals surface area contributed by atoms with Crippen LogP contribution < -0.4 is 0 Å². The number of carbonyl (C=O) groups is 1. The van der Waals surface area contributed by atoms with Crippen LogP contribution in [0.25, 0.3) is 16.8 Å². The van der Waals surface area contributed by atoms with Gasteiger partial charge >= 0.3 is 0 Å². The van der Waals surface area contributed by atoms with E-state index in [0.717, 1.165) is 16.3 Å². The van der Waals surface area contributed by atoms with Crippen LogP contribution in [0.1, 0.15) is 5.56 Å². The molecule has 0 bridgehead atoms. The molecule has 0 aliphatic carbocycles. The van der Waals surface area contributed by atoms with Gasteiger partial charge < -0.3 is 0 Å². The lowest BCUT2D eigenvalue weighted by molar-refractivity contribution is -0.114. The van der Waals surface area contributed by atoms with Crippen LogP contribution in [0.3, 0.4) is 0 Å². The molecule has 0 saturated heterocycles. The van der Waals surface area contributed by atoms with Crippen LogP contribution in [-0.2, 0) is 4.79 Å². The fourth-order valence-electron chi connectivity index (χ4n) is 2.65.